The molecule has 0 aromatic rings. The maximum Gasteiger partial charge on any atom is 1.00 e. The summed E-state index contributed by atoms with van der Waals surface area (Å²) in [6, 6.07) is 0. The van der Waals surface area contributed by atoms with Gasteiger partial charge in [-0.05, 0) is 25.8 Å². The Labute approximate surface area is 144 Å². The molecule has 0 radical (unpaired) electrons. The first-order valence-electron chi connectivity index (χ1n) is 4.44. The van der Waals surface area contributed by atoms with Crippen molar-refractivity contribution in [2.24, 2.45) is 0 Å². The van der Waals surface area contributed by atoms with Gasteiger partial charge in [0, 0.05) is 0 Å². The summed E-state index contributed by atoms with van der Waals surface area (Å²) in [6.45, 7) is 3.75. The van der Waals surface area contributed by atoms with Crippen molar-refractivity contribution < 1.29 is 77.2 Å². The first-order valence-corrected chi connectivity index (χ1v) is 5.44. The van der Waals surface area contributed by atoms with Gasteiger partial charge in [-0.25, -0.2) is 0 Å². The molecule has 0 N–H and O–H groups in total. The van der Waals surface area contributed by atoms with Gasteiger partial charge in [0.15, 0.2) is 5.78 Å². The summed E-state index contributed by atoms with van der Waals surface area (Å²) in [5.41, 5.74) is 0. The minimum Gasteiger partial charge on any atom is -0.784 e. The number of carbonyl (C=O) groups is 1. The van der Waals surface area contributed by atoms with E-state index in [1.807, 2.05) is 6.08 Å². The van der Waals surface area contributed by atoms with Gasteiger partial charge in [0.2, 0.25) is 0 Å². The molecule has 0 unspecified atom stereocenters. The monoisotopic (exact) mass is 266 g/mol. The second-order valence-corrected chi connectivity index (χ2v) is 3.12. The normalized spacial score (nSPS) is 8.81. The van der Waals surface area contributed by atoms with E-state index in [1.165, 1.54) is 19.3 Å². The smallest absolute Gasteiger partial charge is 0.784 e. The molecule has 7 heteroatoms. The van der Waals surface area contributed by atoms with Crippen LogP contribution in [0.2, 0.25) is 0 Å². The summed E-state index contributed by atoms with van der Waals surface area (Å²) in [7, 11) is 0. The molecule has 0 rings (SSSR count). The van der Waals surface area contributed by atoms with E-state index < -0.39 is 11.4 Å². The quantitative estimate of drug-likeness (QED) is 0.218. The fraction of sp³-hybridized carbons (Fsp3) is 0.667. The van der Waals surface area contributed by atoms with Gasteiger partial charge < -0.3 is 9.11 Å². The summed E-state index contributed by atoms with van der Waals surface area (Å²) in [6.07, 6.45) is 8.37. The molecule has 0 heterocycles. The first-order chi connectivity index (χ1) is 6.50. The van der Waals surface area contributed by atoms with E-state index in [9.17, 15) is 4.79 Å². The van der Waals surface area contributed by atoms with Gasteiger partial charge in [-0.15, -0.1) is 11.4 Å². The Kier molecular flexibility index (Phi) is 35.5. The second-order valence-electron chi connectivity index (χ2n) is 2.71. The third-order valence-electron chi connectivity index (χ3n) is 1.33. The van der Waals surface area contributed by atoms with Crippen LogP contribution in [0.1, 0.15) is 39.5 Å². The zero-order valence-corrected chi connectivity index (χ0v) is 15.3. The summed E-state index contributed by atoms with van der Waals surface area (Å²) >= 11 is -3.11. The SMILES string of the molecule is CCCCCC=CC(C)=O.O=S([O-])[O-].[Na+].[Na+]. The summed E-state index contributed by atoms with van der Waals surface area (Å²) in [5.74, 6) is 0.150. The summed E-state index contributed by atoms with van der Waals surface area (Å²) in [4.78, 5) is 10.4. The molecule has 0 aliphatic heterocycles. The molecule has 4 nitrogen and oxygen atoms in total. The van der Waals surface area contributed by atoms with Crippen molar-refractivity contribution in [1.82, 2.24) is 0 Å². The van der Waals surface area contributed by atoms with Crippen molar-refractivity contribution in [1.29, 1.82) is 0 Å². The standard InChI is InChI=1S/C9H16O.2Na.H2O3S/c1-3-4-5-6-7-8-9(2)10;;;1-4(2)3/h7-8H,3-6H2,1-2H3;;;(H2,1,2,3)/q;2*+1;/p-2. The third-order valence-corrected chi connectivity index (χ3v) is 1.33. The van der Waals surface area contributed by atoms with Gasteiger partial charge in [-0.1, -0.05) is 25.8 Å². The predicted octanol–water partition coefficient (Wildman–Crippen LogP) is -4.28. The molecule has 0 aliphatic rings. The molecule has 0 saturated carbocycles. The Morgan fingerprint density at radius 2 is 1.69 bits per heavy atom. The van der Waals surface area contributed by atoms with Crippen molar-refractivity contribution >= 4 is 17.1 Å². The maximum atomic E-state index is 10.4. The van der Waals surface area contributed by atoms with Crippen LogP contribution in [0, 0.1) is 0 Å². The van der Waals surface area contributed by atoms with Gasteiger partial charge in [-0.2, -0.15) is 0 Å². The third kappa shape index (κ3) is 45.1. The Hall–Kier alpha value is 1.48. The van der Waals surface area contributed by atoms with E-state index in [-0.39, 0.29) is 64.9 Å². The van der Waals surface area contributed by atoms with E-state index in [2.05, 4.69) is 6.92 Å². The van der Waals surface area contributed by atoms with Crippen LogP contribution in [0.4, 0.5) is 0 Å². The van der Waals surface area contributed by atoms with E-state index in [4.69, 9.17) is 13.3 Å². The van der Waals surface area contributed by atoms with Crippen LogP contribution >= 0.6 is 0 Å². The average Bonchev–Trinajstić information content (AvgIpc) is 2.02. The Morgan fingerprint density at radius 3 is 2.00 bits per heavy atom. The molecule has 0 aromatic heterocycles. The Balaban J connectivity index is -0.000000105. The zero-order chi connectivity index (χ0) is 11.4. The molecule has 0 fully saturated rings. The van der Waals surface area contributed by atoms with Crippen molar-refractivity contribution in [3.05, 3.63) is 12.2 Å². The fourth-order valence-corrected chi connectivity index (χ4v) is 0.761. The minimum atomic E-state index is -3.11. The molecule has 0 saturated heterocycles. The molecular weight excluding hydrogens is 250 g/mol. The molecule has 0 aliphatic carbocycles. The number of rotatable bonds is 5. The molecule has 0 amide bonds. The van der Waals surface area contributed by atoms with E-state index in [1.54, 1.807) is 13.0 Å². The number of hydrogen-bond acceptors (Lipinski definition) is 4. The van der Waals surface area contributed by atoms with Crippen LogP contribution in [-0.4, -0.2) is 19.1 Å². The van der Waals surface area contributed by atoms with E-state index in [0.717, 1.165) is 6.42 Å². The van der Waals surface area contributed by atoms with Gasteiger partial charge in [0.25, 0.3) is 0 Å². The second kappa shape index (κ2) is 21.7. The summed E-state index contributed by atoms with van der Waals surface area (Å²) in [5, 5.41) is 0. The van der Waals surface area contributed by atoms with Crippen molar-refractivity contribution in [2.45, 2.75) is 39.5 Å². The summed E-state index contributed by atoms with van der Waals surface area (Å²) < 4.78 is 25.3. The van der Waals surface area contributed by atoms with Crippen molar-refractivity contribution in [3.8, 4) is 0 Å². The maximum absolute atomic E-state index is 10.4. The zero-order valence-electron chi connectivity index (χ0n) is 10.5. The first kappa shape index (κ1) is 26.1. The number of ketones is 1. The van der Waals surface area contributed by atoms with Crippen LogP contribution in [-0.2, 0) is 16.2 Å². The molecule has 0 bridgehead atoms. The van der Waals surface area contributed by atoms with Crippen LogP contribution < -0.4 is 59.1 Å². The minimum absolute atomic E-state index is 0. The molecule has 0 spiro atoms. The number of carbonyl (C=O) groups excluding carboxylic acids is 1. The topological polar surface area (TPSA) is 80.3 Å². The van der Waals surface area contributed by atoms with Crippen molar-refractivity contribution in [3.63, 3.8) is 0 Å². The van der Waals surface area contributed by atoms with Crippen LogP contribution in [0.15, 0.2) is 12.2 Å². The van der Waals surface area contributed by atoms with E-state index >= 15 is 0 Å². The van der Waals surface area contributed by atoms with Gasteiger partial charge in [-0.3, -0.25) is 9.00 Å². The van der Waals surface area contributed by atoms with Gasteiger partial charge >= 0.3 is 59.1 Å². The van der Waals surface area contributed by atoms with Crippen LogP contribution in [0.25, 0.3) is 0 Å². The number of unbranched alkanes of at least 4 members (excludes halogenated alkanes) is 3. The van der Waals surface area contributed by atoms with Crippen LogP contribution in [0.5, 0.6) is 0 Å². The van der Waals surface area contributed by atoms with Crippen molar-refractivity contribution in [2.75, 3.05) is 0 Å². The Bertz CT molecular complexity index is 194. The fourth-order valence-electron chi connectivity index (χ4n) is 0.761. The molecular formula is C9H16Na2O4S. The van der Waals surface area contributed by atoms with Crippen LogP contribution in [0.3, 0.4) is 0 Å². The average molecular weight is 266 g/mol. The van der Waals surface area contributed by atoms with E-state index in [0.29, 0.717) is 0 Å². The molecule has 0 aromatic carbocycles. The van der Waals surface area contributed by atoms with Gasteiger partial charge in [0.05, 0.1) is 0 Å². The Morgan fingerprint density at radius 1 is 1.25 bits per heavy atom. The number of hydrogen-bond donors (Lipinski definition) is 0. The number of allylic oxidation sites excluding steroid dienone is 2. The molecule has 16 heavy (non-hydrogen) atoms. The molecule has 0 atom stereocenters. The van der Waals surface area contributed by atoms with Gasteiger partial charge in [0.1, 0.15) is 0 Å². The largest absolute Gasteiger partial charge is 1.00 e. The predicted molar refractivity (Wildman–Crippen MR) is 53.7 cm³/mol. The molecule has 84 valence electrons.